The van der Waals surface area contributed by atoms with Crippen LogP contribution in [0.5, 0.6) is 0 Å². The van der Waals surface area contributed by atoms with Crippen LogP contribution in [0.15, 0.2) is 102 Å². The summed E-state index contributed by atoms with van der Waals surface area (Å²) in [7, 11) is 0. The van der Waals surface area contributed by atoms with Crippen LogP contribution >= 0.6 is 0 Å². The molecule has 3 fully saturated rings. The van der Waals surface area contributed by atoms with E-state index in [0.717, 1.165) is 6.92 Å². The van der Waals surface area contributed by atoms with Crippen LogP contribution in [-0.4, -0.2) is 94.1 Å². The molecule has 3 aromatic rings. The number of hydrogen-bond donors (Lipinski definition) is 3. The Hall–Kier alpha value is -5.70. The molecule has 328 valence electrons. The zero-order chi connectivity index (χ0) is 44.9. The van der Waals surface area contributed by atoms with Crippen molar-refractivity contribution >= 4 is 35.6 Å². The summed E-state index contributed by atoms with van der Waals surface area (Å²) in [6.45, 7) is 10.5. The number of ketones is 1. The number of aliphatic hydroxyl groups excluding tert-OH is 1. The number of carbonyl (C=O) groups is 6. The number of ether oxygens (including phenoxy) is 5. The molecule has 0 radical (unpaired) electrons. The summed E-state index contributed by atoms with van der Waals surface area (Å²) < 4.78 is 30.8. The predicted molar refractivity (Wildman–Crippen MR) is 221 cm³/mol. The molecule has 62 heavy (non-hydrogen) atoms. The van der Waals surface area contributed by atoms with Crippen LogP contribution in [0.25, 0.3) is 0 Å². The number of amides is 1. The van der Waals surface area contributed by atoms with Gasteiger partial charge in [0, 0.05) is 36.7 Å². The molecule has 4 aliphatic rings. The number of aliphatic hydroxyl groups is 2. The van der Waals surface area contributed by atoms with Crippen molar-refractivity contribution in [2.45, 2.75) is 109 Å². The Morgan fingerprint density at radius 3 is 1.95 bits per heavy atom. The SMILES string of the molecule is CC(=O)O[C@H]1C(=O)[C@@]2(C)[C@H]([C@H](OC(=O)c3ccccc3)[C@]3(O)C[C@H](OC(=O)[C@H](O)[C@@H](NC(=O)c4ccccc4)c4ccccc4)C(C)=C1C3(C)C)[C@]1(OC(C)=O)CO[C@@H]1C[C@@H]2C. The molecule has 1 saturated heterocycles. The van der Waals surface area contributed by atoms with Crippen molar-refractivity contribution in [3.05, 3.63) is 119 Å². The first-order chi connectivity index (χ1) is 29.3. The van der Waals surface area contributed by atoms with E-state index in [9.17, 15) is 34.2 Å². The van der Waals surface area contributed by atoms with Crippen molar-refractivity contribution in [3.8, 4) is 0 Å². The Morgan fingerprint density at radius 1 is 0.823 bits per heavy atom. The first kappa shape index (κ1) is 44.4. The summed E-state index contributed by atoms with van der Waals surface area (Å²) in [5.74, 6) is -6.60. The zero-order valence-corrected chi connectivity index (χ0v) is 35.8. The third kappa shape index (κ3) is 7.31. The van der Waals surface area contributed by atoms with E-state index >= 15 is 4.79 Å². The molecule has 1 amide bonds. The van der Waals surface area contributed by atoms with Crippen LogP contribution < -0.4 is 5.32 Å². The highest BCUT2D eigenvalue weighted by atomic mass is 16.6. The highest BCUT2D eigenvalue weighted by Gasteiger charge is 2.77. The maximum Gasteiger partial charge on any atom is 0.338 e. The van der Waals surface area contributed by atoms with Gasteiger partial charge < -0.3 is 39.2 Å². The Kier molecular flexibility index (Phi) is 11.8. The fourth-order valence-electron chi connectivity index (χ4n) is 10.5. The second kappa shape index (κ2) is 16.5. The van der Waals surface area contributed by atoms with Gasteiger partial charge in [0.25, 0.3) is 5.91 Å². The van der Waals surface area contributed by atoms with E-state index in [-0.39, 0.29) is 35.3 Å². The van der Waals surface area contributed by atoms with Crippen LogP contribution in [0, 0.1) is 22.7 Å². The normalized spacial score (nSPS) is 31.9. The molecule has 11 atom stereocenters. The van der Waals surface area contributed by atoms with Gasteiger partial charge >= 0.3 is 23.9 Å². The highest BCUT2D eigenvalue weighted by molar-refractivity contribution is 5.96. The molecular formula is C48H53NO13. The summed E-state index contributed by atoms with van der Waals surface area (Å²) in [4.78, 5) is 83.9. The van der Waals surface area contributed by atoms with E-state index in [1.54, 1.807) is 107 Å². The minimum absolute atomic E-state index is 0.108. The second-order valence-electron chi connectivity index (χ2n) is 17.7. The monoisotopic (exact) mass is 851 g/mol. The summed E-state index contributed by atoms with van der Waals surface area (Å²) in [5.41, 5.74) is -5.93. The lowest BCUT2D eigenvalue weighted by Gasteiger charge is -2.68. The van der Waals surface area contributed by atoms with E-state index in [4.69, 9.17) is 23.7 Å². The Labute approximate surface area is 359 Å². The van der Waals surface area contributed by atoms with Crippen LogP contribution in [0.3, 0.4) is 0 Å². The standard InChI is InChI=1S/C48H53NO13/c1-26-23-34-47(25-58-34,62-29(4)51)39-41(61-43(55)32-21-15-10-16-22-32)48(57)24-33(27(2)35(45(48,5)6)38(59-28(3)50)40(53)46(26,39)7)60-44(56)37(52)36(30-17-11-8-12-18-30)49-42(54)31-19-13-9-14-20-31/h8-22,26,33-34,36-39,41,52,57H,23-25H2,1-7H3,(H,49,54)/t26-,33-,34+,36-,37+,38+,39-,41-,46+,47-,48+/m0/s1. The number of Topliss-reactive ketones (excluding diaryl/α,β-unsaturated/α-hetero) is 1. The summed E-state index contributed by atoms with van der Waals surface area (Å²) >= 11 is 0. The van der Waals surface area contributed by atoms with Gasteiger partial charge in [0.05, 0.1) is 24.1 Å². The number of carbonyl (C=O) groups excluding carboxylic acids is 6. The van der Waals surface area contributed by atoms with Crippen LogP contribution in [0.2, 0.25) is 0 Å². The molecule has 3 N–H and O–H groups in total. The van der Waals surface area contributed by atoms with Crippen LogP contribution in [0.1, 0.15) is 93.6 Å². The molecule has 14 nitrogen and oxygen atoms in total. The fourth-order valence-corrected chi connectivity index (χ4v) is 10.5. The molecule has 3 aromatic carbocycles. The van der Waals surface area contributed by atoms with Crippen molar-refractivity contribution < 1.29 is 62.7 Å². The topological polar surface area (TPSA) is 201 Å². The minimum Gasteiger partial charge on any atom is -0.456 e. The number of hydrogen-bond acceptors (Lipinski definition) is 13. The highest BCUT2D eigenvalue weighted by Crippen LogP contribution is 2.65. The van der Waals surface area contributed by atoms with Gasteiger partial charge in [-0.25, -0.2) is 9.59 Å². The molecule has 0 unspecified atom stereocenters. The summed E-state index contributed by atoms with van der Waals surface area (Å²) in [5, 5.41) is 28.3. The second-order valence-corrected chi connectivity index (χ2v) is 17.7. The van der Waals surface area contributed by atoms with Gasteiger partial charge in [-0.1, -0.05) is 94.4 Å². The van der Waals surface area contributed by atoms with Gasteiger partial charge in [0.1, 0.15) is 23.9 Å². The Balaban J connectivity index is 1.39. The molecule has 0 aromatic heterocycles. The van der Waals surface area contributed by atoms with Gasteiger partial charge in [0.2, 0.25) is 0 Å². The maximum atomic E-state index is 15.6. The van der Waals surface area contributed by atoms with Crippen molar-refractivity contribution in [1.29, 1.82) is 0 Å². The zero-order valence-electron chi connectivity index (χ0n) is 35.8. The predicted octanol–water partition coefficient (Wildman–Crippen LogP) is 5.01. The average Bonchev–Trinajstić information content (AvgIpc) is 3.24. The third-order valence-electron chi connectivity index (χ3n) is 13.9. The quantitative estimate of drug-likeness (QED) is 0.140. The lowest BCUT2D eigenvalue weighted by atomic mass is 9.43. The van der Waals surface area contributed by atoms with Gasteiger partial charge in [-0.3, -0.25) is 19.2 Å². The summed E-state index contributed by atoms with van der Waals surface area (Å²) in [6, 6.07) is 23.3. The lowest BCUT2D eigenvalue weighted by molar-refractivity contribution is -0.340. The number of nitrogens with one attached hydrogen (secondary N) is 1. The first-order valence-corrected chi connectivity index (χ1v) is 20.8. The number of rotatable bonds is 10. The number of benzene rings is 3. The molecular weight excluding hydrogens is 799 g/mol. The van der Waals surface area contributed by atoms with Gasteiger partial charge in [0.15, 0.2) is 23.6 Å². The fraction of sp³-hybridized carbons (Fsp3) is 0.458. The number of esters is 4. The van der Waals surface area contributed by atoms with E-state index in [2.05, 4.69) is 5.32 Å². The largest absolute Gasteiger partial charge is 0.456 e. The lowest BCUT2D eigenvalue weighted by Crippen LogP contribution is -2.80. The Bertz CT molecular complexity index is 2280. The molecule has 1 aliphatic heterocycles. The smallest absolute Gasteiger partial charge is 0.338 e. The van der Waals surface area contributed by atoms with Gasteiger partial charge in [-0.05, 0) is 60.2 Å². The van der Waals surface area contributed by atoms with E-state index in [1.165, 1.54) is 19.1 Å². The van der Waals surface area contributed by atoms with Crippen molar-refractivity contribution in [2.24, 2.45) is 22.7 Å². The van der Waals surface area contributed by atoms with E-state index in [0.29, 0.717) is 5.56 Å². The first-order valence-electron chi connectivity index (χ1n) is 20.8. The Morgan fingerprint density at radius 2 is 1.40 bits per heavy atom. The van der Waals surface area contributed by atoms with Crippen molar-refractivity contribution in [3.63, 3.8) is 0 Å². The van der Waals surface area contributed by atoms with E-state index < -0.39 is 112 Å². The number of fused-ring (bicyclic) bond motifs is 5. The molecule has 1 heterocycles. The molecule has 14 heteroatoms. The minimum atomic E-state index is -2.28. The summed E-state index contributed by atoms with van der Waals surface area (Å²) in [6.07, 6.45) is -7.75. The molecule has 0 spiro atoms. The maximum absolute atomic E-state index is 15.6. The van der Waals surface area contributed by atoms with E-state index in [1.807, 2.05) is 6.92 Å². The van der Waals surface area contributed by atoms with Gasteiger partial charge in [-0.15, -0.1) is 0 Å². The third-order valence-corrected chi connectivity index (χ3v) is 13.9. The van der Waals surface area contributed by atoms with Crippen molar-refractivity contribution in [1.82, 2.24) is 5.32 Å². The molecule has 2 saturated carbocycles. The van der Waals surface area contributed by atoms with Crippen molar-refractivity contribution in [2.75, 3.05) is 6.61 Å². The van der Waals surface area contributed by atoms with Crippen LogP contribution in [0.4, 0.5) is 0 Å². The molecule has 3 aliphatic carbocycles. The van der Waals surface area contributed by atoms with Gasteiger partial charge in [-0.2, -0.15) is 0 Å². The average molecular weight is 852 g/mol. The molecule has 7 rings (SSSR count). The molecule has 2 bridgehead atoms. The van der Waals surface area contributed by atoms with Crippen LogP contribution in [-0.2, 0) is 42.9 Å².